The summed E-state index contributed by atoms with van der Waals surface area (Å²) < 4.78 is 0. The number of hydrogen-bond acceptors (Lipinski definition) is 1. The zero-order chi connectivity index (χ0) is 23.9. The van der Waals surface area contributed by atoms with Crippen molar-refractivity contribution in [3.05, 3.63) is 121 Å². The third-order valence-corrected chi connectivity index (χ3v) is 16.1. The molecule has 0 aliphatic carbocycles. The predicted octanol–water partition coefficient (Wildman–Crippen LogP) is 5.93. The summed E-state index contributed by atoms with van der Waals surface area (Å²) in [7, 11) is -3.70. The Morgan fingerprint density at radius 3 is 0.912 bits per heavy atom. The molecule has 0 bridgehead atoms. The number of carbonyl (C=O) groups excluding carboxylic acids is 1. The van der Waals surface area contributed by atoms with Crippen molar-refractivity contribution in [2.75, 3.05) is 24.6 Å². The van der Waals surface area contributed by atoms with Gasteiger partial charge in [-0.3, -0.25) is 4.79 Å². The zero-order valence-corrected chi connectivity index (χ0v) is 22.0. The quantitative estimate of drug-likeness (QED) is 0.255. The maximum absolute atomic E-state index is 14.1. The maximum Gasteiger partial charge on any atom is 0.208 e. The Labute approximate surface area is 205 Å². The van der Waals surface area contributed by atoms with Gasteiger partial charge in [-0.2, -0.15) is 0 Å². The number of carbonyl (C=O) groups is 1. The van der Waals surface area contributed by atoms with E-state index in [-0.39, 0.29) is 0 Å². The minimum absolute atomic E-state index is 0.394. The molecule has 0 atom stereocenters. The maximum atomic E-state index is 14.1. The molecule has 4 aromatic rings. The van der Waals surface area contributed by atoms with Gasteiger partial charge in [-0.25, -0.2) is 0 Å². The molecular weight excluding hydrogens is 450 g/mol. The average Bonchev–Trinajstić information content (AvgIpc) is 2.92. The van der Waals surface area contributed by atoms with Gasteiger partial charge in [0.05, 0.1) is 48.1 Å². The normalized spacial score (nSPS) is 11.8. The van der Waals surface area contributed by atoms with Crippen molar-refractivity contribution in [2.24, 2.45) is 0 Å². The molecule has 34 heavy (non-hydrogen) atoms. The van der Waals surface area contributed by atoms with Gasteiger partial charge >= 0.3 is 0 Å². The highest BCUT2D eigenvalue weighted by molar-refractivity contribution is 7.91. The minimum Gasteiger partial charge on any atom is -0.291 e. The minimum atomic E-state index is -1.85. The molecule has 0 aromatic heterocycles. The fraction of sp³-hybridized carbons (Fsp3) is 0.194. The van der Waals surface area contributed by atoms with Crippen molar-refractivity contribution in [3.8, 4) is 0 Å². The van der Waals surface area contributed by atoms with Crippen LogP contribution in [0.2, 0.25) is 0 Å². The zero-order valence-electron chi connectivity index (χ0n) is 20.2. The van der Waals surface area contributed by atoms with Gasteiger partial charge in [-0.05, 0) is 62.4 Å². The van der Waals surface area contributed by atoms with Crippen LogP contribution < -0.4 is 21.2 Å². The van der Waals surface area contributed by atoms with Crippen LogP contribution in [0.25, 0.3) is 0 Å². The van der Waals surface area contributed by atoms with Gasteiger partial charge in [0.25, 0.3) is 0 Å². The predicted molar refractivity (Wildman–Crippen MR) is 154 cm³/mol. The highest BCUT2D eigenvalue weighted by Gasteiger charge is 2.48. The van der Waals surface area contributed by atoms with E-state index in [0.717, 1.165) is 12.3 Å². The van der Waals surface area contributed by atoms with Gasteiger partial charge < -0.3 is 0 Å². The van der Waals surface area contributed by atoms with E-state index in [4.69, 9.17) is 0 Å². The van der Waals surface area contributed by atoms with E-state index in [0.29, 0.717) is 18.1 Å². The first-order chi connectivity index (χ1) is 16.6. The summed E-state index contributed by atoms with van der Waals surface area (Å²) in [5, 5.41) is 5.32. The van der Waals surface area contributed by atoms with Gasteiger partial charge in [-0.15, -0.1) is 0 Å². The summed E-state index contributed by atoms with van der Waals surface area (Å²) in [4.78, 5) is 14.1. The Bertz CT molecular complexity index is 1000. The molecule has 0 aliphatic rings. The molecular formula is C31H34OP2+2. The van der Waals surface area contributed by atoms with Crippen LogP contribution in [0.3, 0.4) is 0 Å². The molecule has 0 radical (unpaired) electrons. The van der Waals surface area contributed by atoms with Crippen molar-refractivity contribution in [2.45, 2.75) is 13.8 Å². The summed E-state index contributed by atoms with van der Waals surface area (Å²) in [5.74, 6) is 0.394. The molecule has 0 amide bonds. The monoisotopic (exact) mass is 484 g/mol. The smallest absolute Gasteiger partial charge is 0.208 e. The van der Waals surface area contributed by atoms with Gasteiger partial charge in [0.2, 0.25) is 5.78 Å². The molecule has 1 nitrogen and oxygen atoms in total. The second-order valence-electron chi connectivity index (χ2n) is 8.77. The summed E-state index contributed by atoms with van der Waals surface area (Å²) in [6.07, 6.45) is 3.22. The van der Waals surface area contributed by atoms with Crippen molar-refractivity contribution in [3.63, 3.8) is 0 Å². The van der Waals surface area contributed by atoms with E-state index in [1.807, 2.05) is 0 Å². The van der Waals surface area contributed by atoms with Crippen molar-refractivity contribution in [1.29, 1.82) is 0 Å². The number of benzene rings is 4. The van der Waals surface area contributed by atoms with Gasteiger partial charge in [-0.1, -0.05) is 72.8 Å². The molecule has 0 saturated heterocycles. The van der Waals surface area contributed by atoms with Crippen molar-refractivity contribution >= 4 is 41.5 Å². The number of ketones is 1. The van der Waals surface area contributed by atoms with Crippen LogP contribution in [-0.2, 0) is 4.79 Å². The lowest BCUT2D eigenvalue weighted by Gasteiger charge is -2.29. The van der Waals surface area contributed by atoms with Crippen LogP contribution in [0, 0.1) is 0 Å². The fourth-order valence-corrected chi connectivity index (χ4v) is 12.9. The second-order valence-corrected chi connectivity index (χ2v) is 16.6. The molecule has 0 heterocycles. The van der Waals surface area contributed by atoms with Crippen LogP contribution in [0.5, 0.6) is 0 Å². The molecule has 172 valence electrons. The summed E-state index contributed by atoms with van der Waals surface area (Å²) in [6.45, 7) is 4.52. The first-order valence-electron chi connectivity index (χ1n) is 12.1. The topological polar surface area (TPSA) is 17.1 Å². The Morgan fingerprint density at radius 2 is 0.706 bits per heavy atom. The SMILES string of the molecule is CC[P+](CC(=O)C[P+](CC)(c1ccccc1)c1ccccc1)(c1ccccc1)c1ccccc1. The van der Waals surface area contributed by atoms with Gasteiger partial charge in [0.1, 0.15) is 12.3 Å². The molecule has 4 aromatic carbocycles. The second kappa shape index (κ2) is 11.2. The van der Waals surface area contributed by atoms with E-state index >= 15 is 0 Å². The van der Waals surface area contributed by atoms with E-state index in [1.54, 1.807) is 0 Å². The third kappa shape index (κ3) is 4.93. The largest absolute Gasteiger partial charge is 0.291 e. The highest BCUT2D eigenvalue weighted by atomic mass is 31.2. The molecule has 0 aliphatic heterocycles. The van der Waals surface area contributed by atoms with E-state index in [9.17, 15) is 4.79 Å². The van der Waals surface area contributed by atoms with E-state index in [2.05, 4.69) is 135 Å². The molecule has 0 unspecified atom stereocenters. The lowest BCUT2D eigenvalue weighted by atomic mass is 10.4. The fourth-order valence-electron chi connectivity index (χ4n) is 5.12. The lowest BCUT2D eigenvalue weighted by molar-refractivity contribution is -0.114. The summed E-state index contributed by atoms with van der Waals surface area (Å²) >= 11 is 0. The van der Waals surface area contributed by atoms with Crippen LogP contribution in [0.4, 0.5) is 0 Å². The molecule has 0 fully saturated rings. The molecule has 4 rings (SSSR count). The molecule has 0 spiro atoms. The van der Waals surface area contributed by atoms with E-state index in [1.165, 1.54) is 21.2 Å². The highest BCUT2D eigenvalue weighted by Crippen LogP contribution is 2.59. The summed E-state index contributed by atoms with van der Waals surface area (Å²) in [5.41, 5.74) is 0. The summed E-state index contributed by atoms with van der Waals surface area (Å²) in [6, 6.07) is 43.0. The van der Waals surface area contributed by atoms with Crippen molar-refractivity contribution in [1.82, 2.24) is 0 Å². The average molecular weight is 485 g/mol. The third-order valence-electron chi connectivity index (χ3n) is 6.97. The Balaban J connectivity index is 1.77. The van der Waals surface area contributed by atoms with Gasteiger partial charge in [0.15, 0.2) is 0 Å². The number of Topliss-reactive ketones (excluding diaryl/α,β-unsaturated/α-hetero) is 1. The lowest BCUT2D eigenvalue weighted by Crippen LogP contribution is -2.34. The first kappa shape index (κ1) is 24.5. The van der Waals surface area contributed by atoms with Gasteiger partial charge in [0, 0.05) is 0 Å². The first-order valence-corrected chi connectivity index (χ1v) is 16.4. The Morgan fingerprint density at radius 1 is 0.471 bits per heavy atom. The number of rotatable bonds is 10. The number of hydrogen-bond donors (Lipinski definition) is 0. The standard InChI is InChI=1S/C31H34OP2/c1-3-33(28-17-9-5-10-18-28,29-19-11-6-12-20-29)25-27(32)26-34(4-2,30-21-13-7-14-22-30)31-23-15-8-16-24-31/h5-24H,3-4,25-26H2,1-2H3/q+2. The molecule has 3 heteroatoms. The van der Waals surface area contributed by atoms with Crippen LogP contribution in [0.15, 0.2) is 121 Å². The molecule has 0 saturated carbocycles. The Hall–Kier alpha value is -2.59. The van der Waals surface area contributed by atoms with Crippen LogP contribution in [0.1, 0.15) is 13.8 Å². The van der Waals surface area contributed by atoms with Crippen LogP contribution >= 0.6 is 14.5 Å². The van der Waals surface area contributed by atoms with E-state index < -0.39 is 14.5 Å². The van der Waals surface area contributed by atoms with Crippen molar-refractivity contribution < 1.29 is 4.79 Å². The Kier molecular flexibility index (Phi) is 8.10. The molecule has 0 N–H and O–H groups in total. The van der Waals surface area contributed by atoms with Crippen LogP contribution in [-0.4, -0.2) is 30.4 Å².